The third-order valence-electron chi connectivity index (χ3n) is 5.95. The second-order valence-corrected chi connectivity index (χ2v) is 10.6. The number of rotatable bonds is 12. The molecule has 0 heterocycles. The van der Waals surface area contributed by atoms with E-state index in [-0.39, 0.29) is 18.1 Å². The Hall–Kier alpha value is -3.92. The zero-order chi connectivity index (χ0) is 27.7. The number of hydrogen-bond acceptors (Lipinski definition) is 5. The second kappa shape index (κ2) is 13.0. The highest BCUT2D eigenvalue weighted by Gasteiger charge is 2.31. The molecular formula is C28H32FN3O5S. The number of anilines is 1. The van der Waals surface area contributed by atoms with Crippen molar-refractivity contribution in [2.75, 3.05) is 24.2 Å². The van der Waals surface area contributed by atoms with Crippen LogP contribution in [0.25, 0.3) is 0 Å². The minimum atomic E-state index is -3.86. The molecule has 0 saturated carbocycles. The van der Waals surface area contributed by atoms with Gasteiger partial charge in [0.05, 0.1) is 11.9 Å². The molecule has 0 aliphatic rings. The molecule has 1 N–H and O–H groups in total. The smallest absolute Gasteiger partial charge is 0.244 e. The van der Waals surface area contributed by atoms with Gasteiger partial charge in [-0.25, -0.2) is 12.8 Å². The van der Waals surface area contributed by atoms with E-state index in [1.54, 1.807) is 31.2 Å². The second-order valence-electron chi connectivity index (χ2n) is 8.72. The number of amides is 2. The van der Waals surface area contributed by atoms with Crippen LogP contribution in [0.5, 0.6) is 5.75 Å². The first-order valence-corrected chi connectivity index (χ1v) is 14.0. The summed E-state index contributed by atoms with van der Waals surface area (Å²) in [5.41, 5.74) is 1.87. The van der Waals surface area contributed by atoms with Crippen molar-refractivity contribution >= 4 is 27.5 Å². The SMILES string of the molecule is CC[C@@H](C(=O)NC)N(Cc1ccc(F)cc1)C(=O)CN(c1ccc(OCc2ccccc2)cc1)S(C)(=O)=O. The first-order chi connectivity index (χ1) is 18.1. The molecule has 1 atom stereocenters. The number of nitrogens with zero attached hydrogens (tertiary/aromatic N) is 2. The summed E-state index contributed by atoms with van der Waals surface area (Å²) in [5.74, 6) is -0.834. The molecule has 0 aliphatic heterocycles. The Balaban J connectivity index is 1.83. The van der Waals surface area contributed by atoms with Gasteiger partial charge in [0.15, 0.2) is 0 Å². The van der Waals surface area contributed by atoms with Gasteiger partial charge in [-0.1, -0.05) is 49.4 Å². The van der Waals surface area contributed by atoms with Crippen LogP contribution in [0.3, 0.4) is 0 Å². The summed E-state index contributed by atoms with van der Waals surface area (Å²) >= 11 is 0. The Labute approximate surface area is 223 Å². The summed E-state index contributed by atoms with van der Waals surface area (Å²) in [6.07, 6.45) is 1.32. The largest absolute Gasteiger partial charge is 0.489 e. The van der Waals surface area contributed by atoms with Crippen molar-refractivity contribution in [3.63, 3.8) is 0 Å². The first kappa shape index (κ1) is 28.6. The van der Waals surface area contributed by atoms with E-state index in [2.05, 4.69) is 5.32 Å². The third-order valence-corrected chi connectivity index (χ3v) is 7.09. The van der Waals surface area contributed by atoms with E-state index in [9.17, 15) is 22.4 Å². The Morgan fingerprint density at radius 3 is 2.13 bits per heavy atom. The fourth-order valence-corrected chi connectivity index (χ4v) is 4.79. The van der Waals surface area contributed by atoms with E-state index in [4.69, 9.17) is 4.74 Å². The molecule has 3 aromatic carbocycles. The van der Waals surface area contributed by atoms with E-state index in [0.717, 1.165) is 16.1 Å². The highest BCUT2D eigenvalue weighted by molar-refractivity contribution is 7.92. The molecule has 0 aromatic heterocycles. The molecule has 202 valence electrons. The minimum Gasteiger partial charge on any atom is -0.489 e. The van der Waals surface area contributed by atoms with Crippen molar-refractivity contribution in [1.82, 2.24) is 10.2 Å². The van der Waals surface area contributed by atoms with Crippen molar-refractivity contribution in [3.8, 4) is 5.75 Å². The van der Waals surface area contributed by atoms with Gasteiger partial charge >= 0.3 is 0 Å². The standard InChI is InChI=1S/C28H32FN3O5S/c1-4-26(28(34)30-2)31(18-21-10-12-23(29)13-11-21)27(33)19-32(38(3,35)36)24-14-16-25(17-15-24)37-20-22-8-6-5-7-9-22/h5-17,26H,4,18-20H2,1-3H3,(H,30,34)/t26-/m0/s1. The molecule has 3 aromatic rings. The maximum Gasteiger partial charge on any atom is 0.244 e. The summed E-state index contributed by atoms with van der Waals surface area (Å²) in [7, 11) is -2.39. The molecule has 0 unspecified atom stereocenters. The van der Waals surface area contributed by atoms with E-state index < -0.39 is 34.3 Å². The van der Waals surface area contributed by atoms with Gasteiger partial charge in [0.25, 0.3) is 0 Å². The highest BCUT2D eigenvalue weighted by atomic mass is 32.2. The summed E-state index contributed by atoms with van der Waals surface area (Å²) < 4.78 is 45.6. The molecule has 10 heteroatoms. The number of sulfonamides is 1. The number of carbonyl (C=O) groups excluding carboxylic acids is 2. The summed E-state index contributed by atoms with van der Waals surface area (Å²) in [6.45, 7) is 1.60. The number of hydrogen-bond donors (Lipinski definition) is 1. The lowest BCUT2D eigenvalue weighted by Gasteiger charge is -2.32. The molecule has 0 aliphatic carbocycles. The quantitative estimate of drug-likeness (QED) is 0.377. The maximum absolute atomic E-state index is 13.5. The predicted octanol–water partition coefficient (Wildman–Crippen LogP) is 3.72. The Morgan fingerprint density at radius 1 is 0.947 bits per heavy atom. The van der Waals surface area contributed by atoms with Crippen molar-refractivity contribution in [2.45, 2.75) is 32.5 Å². The number of likely N-dealkylation sites (N-methyl/N-ethyl adjacent to an activating group) is 1. The molecule has 38 heavy (non-hydrogen) atoms. The van der Waals surface area contributed by atoms with Crippen LogP contribution >= 0.6 is 0 Å². The molecule has 3 rings (SSSR count). The van der Waals surface area contributed by atoms with Gasteiger partial charge in [0, 0.05) is 13.6 Å². The average Bonchev–Trinajstić information content (AvgIpc) is 2.91. The molecule has 0 spiro atoms. The fraction of sp³-hybridized carbons (Fsp3) is 0.286. The normalized spacial score (nSPS) is 11.9. The highest BCUT2D eigenvalue weighted by Crippen LogP contribution is 2.23. The van der Waals surface area contributed by atoms with Crippen LogP contribution in [0.15, 0.2) is 78.9 Å². The fourth-order valence-electron chi connectivity index (χ4n) is 3.94. The summed E-state index contributed by atoms with van der Waals surface area (Å²) in [6, 6.07) is 20.7. The van der Waals surface area contributed by atoms with Crippen molar-refractivity contribution in [2.24, 2.45) is 0 Å². The van der Waals surface area contributed by atoms with Gasteiger partial charge in [0.1, 0.15) is 30.8 Å². The Bertz CT molecular complexity index is 1320. The number of halogens is 1. The molecular weight excluding hydrogens is 509 g/mol. The molecule has 0 fully saturated rings. The van der Waals surface area contributed by atoms with Crippen molar-refractivity contribution in [3.05, 3.63) is 95.8 Å². The predicted molar refractivity (Wildman–Crippen MR) is 145 cm³/mol. The number of benzene rings is 3. The van der Waals surface area contributed by atoms with Crippen LogP contribution < -0.4 is 14.4 Å². The van der Waals surface area contributed by atoms with Crippen molar-refractivity contribution < 1.29 is 27.1 Å². The van der Waals surface area contributed by atoms with Gasteiger partial charge in [-0.15, -0.1) is 0 Å². The number of ether oxygens (including phenoxy) is 1. The lowest BCUT2D eigenvalue weighted by Crippen LogP contribution is -2.51. The topological polar surface area (TPSA) is 96.0 Å². The number of carbonyl (C=O) groups is 2. The van der Waals surface area contributed by atoms with Crippen LogP contribution in [-0.4, -0.2) is 51.0 Å². The van der Waals surface area contributed by atoms with E-state index in [1.165, 1.54) is 36.2 Å². The van der Waals surface area contributed by atoms with E-state index in [1.807, 2.05) is 30.3 Å². The van der Waals surface area contributed by atoms with Gasteiger partial charge in [-0.05, 0) is 53.9 Å². The average molecular weight is 542 g/mol. The van der Waals surface area contributed by atoms with Crippen LogP contribution in [0.2, 0.25) is 0 Å². The Morgan fingerprint density at radius 2 is 1.58 bits per heavy atom. The lowest BCUT2D eigenvalue weighted by atomic mass is 10.1. The zero-order valence-electron chi connectivity index (χ0n) is 21.6. The van der Waals surface area contributed by atoms with E-state index in [0.29, 0.717) is 24.3 Å². The van der Waals surface area contributed by atoms with Gasteiger partial charge in [-0.2, -0.15) is 0 Å². The van der Waals surface area contributed by atoms with Crippen LogP contribution in [0.1, 0.15) is 24.5 Å². The molecule has 0 radical (unpaired) electrons. The van der Waals surface area contributed by atoms with Gasteiger partial charge < -0.3 is 15.0 Å². The number of nitrogens with one attached hydrogen (secondary N) is 1. The maximum atomic E-state index is 13.5. The molecule has 8 nitrogen and oxygen atoms in total. The van der Waals surface area contributed by atoms with Gasteiger partial charge in [0.2, 0.25) is 21.8 Å². The van der Waals surface area contributed by atoms with Crippen molar-refractivity contribution in [1.29, 1.82) is 0 Å². The lowest BCUT2D eigenvalue weighted by molar-refractivity contribution is -0.140. The summed E-state index contributed by atoms with van der Waals surface area (Å²) in [5, 5.41) is 2.55. The molecule has 2 amide bonds. The van der Waals surface area contributed by atoms with E-state index >= 15 is 0 Å². The molecule has 0 bridgehead atoms. The molecule has 0 saturated heterocycles. The Kier molecular flexibility index (Phi) is 9.84. The van der Waals surface area contributed by atoms with Crippen LogP contribution in [0, 0.1) is 5.82 Å². The van der Waals surface area contributed by atoms with Gasteiger partial charge in [-0.3, -0.25) is 13.9 Å². The van der Waals surface area contributed by atoms with Crippen LogP contribution in [-0.2, 0) is 32.8 Å². The van der Waals surface area contributed by atoms with Crippen LogP contribution in [0.4, 0.5) is 10.1 Å². The zero-order valence-corrected chi connectivity index (χ0v) is 22.4. The third kappa shape index (κ3) is 7.79. The monoisotopic (exact) mass is 541 g/mol. The first-order valence-electron chi connectivity index (χ1n) is 12.1. The summed E-state index contributed by atoms with van der Waals surface area (Å²) in [4.78, 5) is 27.4. The minimum absolute atomic E-state index is 0.00884.